The Bertz CT molecular complexity index is 1210. The molecule has 0 fully saturated rings. The summed E-state index contributed by atoms with van der Waals surface area (Å²) < 4.78 is 57.5. The molecular weight excluding hydrogens is 412 g/mol. The predicted octanol–water partition coefficient (Wildman–Crippen LogP) is 3.52. The first-order valence-corrected chi connectivity index (χ1v) is 10.7. The molecule has 2 heterocycles. The van der Waals surface area contributed by atoms with Gasteiger partial charge in [-0.05, 0) is 54.1 Å². The number of anilines is 1. The normalized spacial score (nSPS) is 16.8. The van der Waals surface area contributed by atoms with Gasteiger partial charge in [-0.2, -0.15) is 4.31 Å². The Morgan fingerprint density at radius 3 is 2.43 bits per heavy atom. The molecule has 156 valence electrons. The van der Waals surface area contributed by atoms with Crippen LogP contribution in [0.15, 0.2) is 65.7 Å². The average Bonchev–Trinajstić information content (AvgIpc) is 3.18. The summed E-state index contributed by atoms with van der Waals surface area (Å²) in [6.07, 6.45) is 1.83. The van der Waals surface area contributed by atoms with E-state index in [0.717, 1.165) is 12.1 Å². The highest BCUT2D eigenvalue weighted by Gasteiger charge is 2.37. The zero-order valence-electron chi connectivity index (χ0n) is 16.0. The minimum absolute atomic E-state index is 0.0455. The smallest absolute Gasteiger partial charge is 0.244 e. The quantitative estimate of drug-likeness (QED) is 0.687. The lowest BCUT2D eigenvalue weighted by atomic mass is 10.0. The fraction of sp³-hybridized carbons (Fsp3) is 0.190. The highest BCUT2D eigenvalue weighted by atomic mass is 32.2. The number of carbonyl (C=O) groups is 1. The van der Waals surface area contributed by atoms with Crippen LogP contribution in [0.5, 0.6) is 0 Å². The molecule has 0 bridgehead atoms. The van der Waals surface area contributed by atoms with E-state index in [2.05, 4.69) is 5.32 Å². The number of amides is 1. The molecule has 1 aromatic heterocycles. The lowest BCUT2D eigenvalue weighted by Crippen LogP contribution is -2.42. The van der Waals surface area contributed by atoms with E-state index >= 15 is 0 Å². The summed E-state index contributed by atoms with van der Waals surface area (Å²) in [5.74, 6) is -2.29. The summed E-state index contributed by atoms with van der Waals surface area (Å²) >= 11 is 0. The Hall–Kier alpha value is -3.04. The van der Waals surface area contributed by atoms with Crippen molar-refractivity contribution in [3.63, 3.8) is 0 Å². The van der Waals surface area contributed by atoms with Crippen LogP contribution < -0.4 is 5.32 Å². The number of nitrogens with one attached hydrogen (secondary N) is 1. The molecular formula is C21H19F2N3O3S. The van der Waals surface area contributed by atoms with Crippen molar-refractivity contribution in [2.75, 3.05) is 11.9 Å². The number of aromatic nitrogens is 1. The van der Waals surface area contributed by atoms with Crippen molar-refractivity contribution in [2.24, 2.45) is 0 Å². The molecule has 30 heavy (non-hydrogen) atoms. The largest absolute Gasteiger partial charge is 0.348 e. The number of halogens is 2. The molecule has 2 aromatic carbocycles. The molecule has 0 spiro atoms. The Kier molecular flexibility index (Phi) is 5.17. The molecule has 1 aliphatic rings. The SMILES string of the molecule is CC(=O)Nc1ccc(S(=O)(=O)N2CCn3cccc3[C@@H]2c2ccc(F)c(F)c2)cc1. The van der Waals surface area contributed by atoms with Crippen LogP contribution in [0, 0.1) is 11.6 Å². The summed E-state index contributed by atoms with van der Waals surface area (Å²) in [6.45, 7) is 1.97. The third-order valence-electron chi connectivity index (χ3n) is 5.03. The Labute approximate surface area is 172 Å². The summed E-state index contributed by atoms with van der Waals surface area (Å²) in [7, 11) is -3.96. The monoisotopic (exact) mass is 431 g/mol. The van der Waals surface area contributed by atoms with Crippen molar-refractivity contribution in [2.45, 2.75) is 24.4 Å². The first kappa shape index (κ1) is 20.2. The zero-order chi connectivity index (χ0) is 21.5. The summed E-state index contributed by atoms with van der Waals surface area (Å²) in [6, 6.07) is 12.0. The number of carbonyl (C=O) groups excluding carboxylic acids is 1. The van der Waals surface area contributed by atoms with Crippen molar-refractivity contribution >= 4 is 21.6 Å². The van der Waals surface area contributed by atoms with E-state index in [9.17, 15) is 22.0 Å². The van der Waals surface area contributed by atoms with E-state index in [0.29, 0.717) is 23.5 Å². The van der Waals surface area contributed by atoms with Crippen molar-refractivity contribution in [3.8, 4) is 0 Å². The maximum atomic E-state index is 13.9. The summed E-state index contributed by atoms with van der Waals surface area (Å²) in [4.78, 5) is 11.2. The van der Waals surface area contributed by atoms with Gasteiger partial charge in [-0.3, -0.25) is 4.79 Å². The van der Waals surface area contributed by atoms with Crippen LogP contribution in [0.2, 0.25) is 0 Å². The molecule has 0 aliphatic carbocycles. The van der Waals surface area contributed by atoms with Gasteiger partial charge in [0.15, 0.2) is 11.6 Å². The van der Waals surface area contributed by atoms with Crippen LogP contribution in [0.1, 0.15) is 24.2 Å². The van der Waals surface area contributed by atoms with Gasteiger partial charge < -0.3 is 9.88 Å². The third kappa shape index (κ3) is 3.61. The Balaban J connectivity index is 1.77. The molecule has 0 unspecified atom stereocenters. The van der Waals surface area contributed by atoms with E-state index in [1.165, 1.54) is 41.6 Å². The number of nitrogens with zero attached hydrogens (tertiary/aromatic N) is 2. The molecule has 6 nitrogen and oxygen atoms in total. The second-order valence-electron chi connectivity index (χ2n) is 7.02. The Morgan fingerprint density at radius 1 is 1.03 bits per heavy atom. The van der Waals surface area contributed by atoms with Gasteiger partial charge >= 0.3 is 0 Å². The van der Waals surface area contributed by atoms with Crippen molar-refractivity contribution < 1.29 is 22.0 Å². The molecule has 1 atom stereocenters. The van der Waals surface area contributed by atoms with Crippen LogP contribution in [0.3, 0.4) is 0 Å². The second-order valence-corrected chi connectivity index (χ2v) is 8.91. The maximum absolute atomic E-state index is 13.9. The van der Waals surface area contributed by atoms with Crippen LogP contribution >= 0.6 is 0 Å². The van der Waals surface area contributed by atoms with Gasteiger partial charge in [-0.1, -0.05) is 6.07 Å². The van der Waals surface area contributed by atoms with E-state index in [4.69, 9.17) is 0 Å². The van der Waals surface area contributed by atoms with Crippen LogP contribution in [0.4, 0.5) is 14.5 Å². The van der Waals surface area contributed by atoms with Gasteiger partial charge in [0, 0.05) is 37.6 Å². The lowest BCUT2D eigenvalue weighted by molar-refractivity contribution is -0.114. The van der Waals surface area contributed by atoms with E-state index in [1.807, 2.05) is 10.8 Å². The van der Waals surface area contributed by atoms with Gasteiger partial charge in [-0.25, -0.2) is 17.2 Å². The molecule has 3 aromatic rings. The van der Waals surface area contributed by atoms with E-state index in [1.54, 1.807) is 12.1 Å². The van der Waals surface area contributed by atoms with Crippen LogP contribution in [-0.2, 0) is 21.4 Å². The fourth-order valence-electron chi connectivity index (χ4n) is 3.69. The number of benzene rings is 2. The molecule has 0 radical (unpaired) electrons. The van der Waals surface area contributed by atoms with Crippen molar-refractivity contribution in [3.05, 3.63) is 83.7 Å². The number of hydrogen-bond acceptors (Lipinski definition) is 3. The second kappa shape index (κ2) is 7.66. The van der Waals surface area contributed by atoms with Crippen molar-refractivity contribution in [1.29, 1.82) is 0 Å². The molecule has 1 amide bonds. The zero-order valence-corrected chi connectivity index (χ0v) is 16.9. The predicted molar refractivity (Wildman–Crippen MR) is 107 cm³/mol. The van der Waals surface area contributed by atoms with E-state index in [-0.39, 0.29) is 17.3 Å². The first-order valence-electron chi connectivity index (χ1n) is 9.27. The van der Waals surface area contributed by atoms with E-state index < -0.39 is 27.7 Å². The highest BCUT2D eigenvalue weighted by Crippen LogP contribution is 2.37. The van der Waals surface area contributed by atoms with Gasteiger partial charge in [0.1, 0.15) is 0 Å². The molecule has 9 heteroatoms. The number of sulfonamides is 1. The molecule has 1 N–H and O–H groups in total. The van der Waals surface area contributed by atoms with Gasteiger partial charge in [-0.15, -0.1) is 0 Å². The number of hydrogen-bond donors (Lipinski definition) is 1. The molecule has 1 aliphatic heterocycles. The van der Waals surface area contributed by atoms with Crippen molar-refractivity contribution in [1.82, 2.24) is 8.87 Å². The number of rotatable bonds is 4. The summed E-state index contributed by atoms with van der Waals surface area (Å²) in [5.41, 5.74) is 1.49. The standard InChI is InChI=1S/C21H19F2N3O3S/c1-14(27)24-16-5-7-17(8-6-16)30(28,29)26-12-11-25-10-2-3-20(25)21(26)15-4-9-18(22)19(23)13-15/h2-10,13,21H,11-12H2,1H3,(H,24,27)/t21-/m0/s1. The maximum Gasteiger partial charge on any atom is 0.244 e. The lowest BCUT2D eigenvalue weighted by Gasteiger charge is -2.36. The average molecular weight is 431 g/mol. The van der Waals surface area contributed by atoms with Gasteiger partial charge in [0.25, 0.3) is 0 Å². The molecule has 4 rings (SSSR count). The topological polar surface area (TPSA) is 71.4 Å². The fourth-order valence-corrected chi connectivity index (χ4v) is 5.27. The third-order valence-corrected chi connectivity index (χ3v) is 6.91. The first-order chi connectivity index (χ1) is 14.3. The van der Waals surface area contributed by atoms with Gasteiger partial charge in [0.2, 0.25) is 15.9 Å². The highest BCUT2D eigenvalue weighted by molar-refractivity contribution is 7.89. The Morgan fingerprint density at radius 2 is 1.77 bits per heavy atom. The minimum Gasteiger partial charge on any atom is -0.348 e. The molecule has 0 saturated heterocycles. The molecule has 0 saturated carbocycles. The van der Waals surface area contributed by atoms with Gasteiger partial charge in [0.05, 0.1) is 10.9 Å². The van der Waals surface area contributed by atoms with Crippen LogP contribution in [-0.4, -0.2) is 29.7 Å². The minimum atomic E-state index is -3.96. The number of fused-ring (bicyclic) bond motifs is 1. The van der Waals surface area contributed by atoms with Crippen LogP contribution in [0.25, 0.3) is 0 Å². The summed E-state index contributed by atoms with van der Waals surface area (Å²) in [5, 5.41) is 2.59.